The van der Waals surface area contributed by atoms with E-state index in [1.165, 1.54) is 6.26 Å². The van der Waals surface area contributed by atoms with E-state index in [4.69, 9.17) is 16.6 Å². The van der Waals surface area contributed by atoms with Gasteiger partial charge in [-0.15, -0.1) is 0 Å². The van der Waals surface area contributed by atoms with Crippen molar-refractivity contribution in [2.75, 3.05) is 11.2 Å². The van der Waals surface area contributed by atoms with Crippen LogP contribution in [-0.2, 0) is 26.6 Å². The molecule has 2 aliphatic carbocycles. The number of rotatable bonds is 4. The van der Waals surface area contributed by atoms with Gasteiger partial charge in [-0.05, 0) is 55.5 Å². The molecule has 1 amide bonds. The number of pyridine rings is 1. The van der Waals surface area contributed by atoms with Crippen molar-refractivity contribution >= 4 is 44.1 Å². The molecule has 0 N–H and O–H groups in total. The zero-order valence-corrected chi connectivity index (χ0v) is 18.5. The Morgan fingerprint density at radius 2 is 2.00 bits per heavy atom. The van der Waals surface area contributed by atoms with Gasteiger partial charge in [-0.2, -0.15) is 0 Å². The lowest BCUT2D eigenvalue weighted by Crippen LogP contribution is -2.38. The zero-order valence-electron chi connectivity index (χ0n) is 17.0. The van der Waals surface area contributed by atoms with Gasteiger partial charge in [-0.25, -0.2) is 13.4 Å². The highest BCUT2D eigenvalue weighted by Crippen LogP contribution is 2.57. The van der Waals surface area contributed by atoms with Crippen LogP contribution in [0.3, 0.4) is 0 Å². The predicted octanol–water partition coefficient (Wildman–Crippen LogP) is 3.41. The highest BCUT2D eigenvalue weighted by molar-refractivity contribution is 7.91. The fourth-order valence-electron chi connectivity index (χ4n) is 5.13. The molecule has 0 unspecified atom stereocenters. The Labute approximate surface area is 185 Å². The van der Waals surface area contributed by atoms with Crippen LogP contribution in [0.2, 0.25) is 5.02 Å². The summed E-state index contributed by atoms with van der Waals surface area (Å²) in [6, 6.07) is 7.53. The lowest BCUT2D eigenvalue weighted by atomic mass is 9.91. The number of halogens is 1. The smallest absolute Gasteiger partial charge is 0.238 e. The van der Waals surface area contributed by atoms with Gasteiger partial charge in [0.2, 0.25) is 5.91 Å². The molecule has 7 nitrogen and oxygen atoms in total. The lowest BCUT2D eigenvalue weighted by Gasteiger charge is -2.36. The molecular formula is C22H21ClN4O3S. The highest BCUT2D eigenvalue weighted by Gasteiger charge is 2.59. The van der Waals surface area contributed by atoms with Crippen LogP contribution in [-0.4, -0.2) is 40.4 Å². The van der Waals surface area contributed by atoms with E-state index in [9.17, 15) is 13.2 Å². The number of sulfone groups is 1. The molecule has 1 spiro atoms. The molecule has 2 saturated carbocycles. The summed E-state index contributed by atoms with van der Waals surface area (Å²) < 4.78 is 26.0. The molecule has 0 atom stereocenters. The van der Waals surface area contributed by atoms with Crippen LogP contribution in [0.15, 0.2) is 36.7 Å². The first-order valence-electron chi connectivity index (χ1n) is 10.4. The van der Waals surface area contributed by atoms with Crippen LogP contribution in [0, 0.1) is 0 Å². The second-order valence-electron chi connectivity index (χ2n) is 8.97. The summed E-state index contributed by atoms with van der Waals surface area (Å²) >= 11 is 6.20. The number of imidazole rings is 1. The predicted molar refractivity (Wildman–Crippen MR) is 118 cm³/mol. The summed E-state index contributed by atoms with van der Waals surface area (Å²) in [7, 11) is -3.07. The average molecular weight is 457 g/mol. The van der Waals surface area contributed by atoms with Gasteiger partial charge in [0.05, 0.1) is 40.1 Å². The molecule has 9 heteroatoms. The van der Waals surface area contributed by atoms with Crippen LogP contribution in [0.1, 0.15) is 43.1 Å². The summed E-state index contributed by atoms with van der Waals surface area (Å²) in [5.74, 6) is 0.852. The van der Waals surface area contributed by atoms with Crippen molar-refractivity contribution in [1.82, 2.24) is 14.5 Å². The molecular weight excluding hydrogens is 436 g/mol. The third-order valence-corrected chi connectivity index (χ3v) is 8.91. The molecule has 1 aromatic carbocycles. The van der Waals surface area contributed by atoms with Gasteiger partial charge in [0, 0.05) is 23.5 Å². The van der Waals surface area contributed by atoms with Gasteiger partial charge < -0.3 is 9.47 Å². The van der Waals surface area contributed by atoms with Crippen LogP contribution < -0.4 is 4.90 Å². The monoisotopic (exact) mass is 456 g/mol. The first-order valence-corrected chi connectivity index (χ1v) is 12.7. The number of benzene rings is 1. The summed E-state index contributed by atoms with van der Waals surface area (Å²) in [4.78, 5) is 24.2. The number of hydrogen-bond acceptors (Lipinski definition) is 5. The number of fused-ring (bicyclic) bond motifs is 3. The van der Waals surface area contributed by atoms with E-state index in [1.807, 2.05) is 24.3 Å². The number of carbonyl (C=O) groups is 1. The van der Waals surface area contributed by atoms with E-state index in [1.54, 1.807) is 17.3 Å². The molecule has 0 saturated heterocycles. The van der Waals surface area contributed by atoms with Gasteiger partial charge in [-0.1, -0.05) is 11.6 Å². The maximum absolute atomic E-state index is 13.3. The quantitative estimate of drug-likeness (QED) is 0.600. The molecule has 160 valence electrons. The van der Waals surface area contributed by atoms with Crippen LogP contribution in [0.25, 0.3) is 11.0 Å². The largest absolute Gasteiger partial charge is 0.323 e. The SMILES string of the molecule is CS(=O)(=O)[C@H]1C[C@@H](n2c(CN3C(=O)C4(CC4)c4ccncc43)nc3cc(Cl)ccc32)C1. The fraction of sp³-hybridized carbons (Fsp3) is 0.409. The van der Waals surface area contributed by atoms with E-state index < -0.39 is 15.3 Å². The van der Waals surface area contributed by atoms with E-state index in [2.05, 4.69) is 9.55 Å². The second kappa shape index (κ2) is 6.29. The Kier molecular flexibility index (Phi) is 3.91. The summed E-state index contributed by atoms with van der Waals surface area (Å²) in [6.07, 6.45) is 7.63. The fourth-order valence-corrected chi connectivity index (χ4v) is 6.44. The maximum Gasteiger partial charge on any atom is 0.238 e. The normalized spacial score (nSPS) is 23.9. The third-order valence-electron chi connectivity index (χ3n) is 7.08. The average Bonchev–Trinajstić information content (AvgIpc) is 3.37. The maximum atomic E-state index is 13.3. The third kappa shape index (κ3) is 2.77. The number of aromatic nitrogens is 3. The Morgan fingerprint density at radius 1 is 1.23 bits per heavy atom. The van der Waals surface area contributed by atoms with Gasteiger partial charge >= 0.3 is 0 Å². The molecule has 0 radical (unpaired) electrons. The van der Waals surface area contributed by atoms with Crippen LogP contribution in [0.4, 0.5) is 5.69 Å². The van der Waals surface area contributed by atoms with Crippen molar-refractivity contribution in [3.05, 3.63) is 53.1 Å². The molecule has 0 bridgehead atoms. The number of hydrogen-bond donors (Lipinski definition) is 0. The Hall–Kier alpha value is -2.45. The minimum Gasteiger partial charge on any atom is -0.323 e. The van der Waals surface area contributed by atoms with Crippen molar-refractivity contribution in [1.29, 1.82) is 0 Å². The lowest BCUT2D eigenvalue weighted by molar-refractivity contribution is -0.120. The number of anilines is 1. The Morgan fingerprint density at radius 3 is 2.71 bits per heavy atom. The Bertz CT molecular complexity index is 1360. The number of nitrogens with zero attached hydrogens (tertiary/aromatic N) is 4. The molecule has 1 aliphatic heterocycles. The first kappa shape index (κ1) is 19.3. The van der Waals surface area contributed by atoms with Gasteiger partial charge in [0.25, 0.3) is 0 Å². The number of carbonyl (C=O) groups excluding carboxylic acids is 1. The molecule has 3 aliphatic rings. The topological polar surface area (TPSA) is 85.2 Å². The molecule has 31 heavy (non-hydrogen) atoms. The van der Waals surface area contributed by atoms with E-state index in [0.29, 0.717) is 24.4 Å². The molecule has 2 aromatic heterocycles. The second-order valence-corrected chi connectivity index (χ2v) is 11.7. The summed E-state index contributed by atoms with van der Waals surface area (Å²) in [5, 5.41) is 0.262. The van der Waals surface area contributed by atoms with Crippen molar-refractivity contribution in [2.45, 2.75) is 48.9 Å². The summed E-state index contributed by atoms with van der Waals surface area (Å²) in [5.41, 5.74) is 3.18. The van der Waals surface area contributed by atoms with Gasteiger partial charge in [-0.3, -0.25) is 9.78 Å². The van der Waals surface area contributed by atoms with Gasteiger partial charge in [0.1, 0.15) is 15.7 Å². The number of amides is 1. The highest BCUT2D eigenvalue weighted by atomic mass is 35.5. The summed E-state index contributed by atoms with van der Waals surface area (Å²) in [6.45, 7) is 0.325. The van der Waals surface area contributed by atoms with Crippen molar-refractivity contribution in [2.24, 2.45) is 0 Å². The van der Waals surface area contributed by atoms with Crippen molar-refractivity contribution < 1.29 is 13.2 Å². The molecule has 2 fully saturated rings. The Balaban J connectivity index is 1.42. The van der Waals surface area contributed by atoms with Crippen LogP contribution >= 0.6 is 11.6 Å². The minimum atomic E-state index is -3.07. The first-order chi connectivity index (χ1) is 14.8. The molecule has 3 heterocycles. The minimum absolute atomic E-state index is 0.0295. The van der Waals surface area contributed by atoms with E-state index in [0.717, 1.165) is 41.0 Å². The van der Waals surface area contributed by atoms with Gasteiger partial charge in [0.15, 0.2) is 0 Å². The van der Waals surface area contributed by atoms with E-state index in [-0.39, 0.29) is 17.2 Å². The van der Waals surface area contributed by atoms with Crippen molar-refractivity contribution in [3.8, 4) is 0 Å². The van der Waals surface area contributed by atoms with Crippen LogP contribution in [0.5, 0.6) is 0 Å². The molecule has 6 rings (SSSR count). The zero-order chi connectivity index (χ0) is 21.5. The van der Waals surface area contributed by atoms with Crippen molar-refractivity contribution in [3.63, 3.8) is 0 Å². The standard InChI is InChI=1S/C22H21ClN4O3S/c1-31(29,30)15-9-14(10-15)27-18-3-2-13(23)8-17(18)25-20(27)12-26-19-11-24-7-4-16(19)22(5-6-22)21(26)28/h2-4,7-8,11,14-15H,5-6,9-10,12H2,1H3/t14-,15+. The van der Waals surface area contributed by atoms with E-state index >= 15 is 0 Å². The molecule has 3 aromatic rings.